The number of rotatable bonds is 5. The third-order valence-electron chi connectivity index (χ3n) is 3.51. The Morgan fingerprint density at radius 2 is 1.76 bits per heavy atom. The molecule has 126 valence electrons. The monoisotopic (exact) mass is 353 g/mol. The molecule has 3 rings (SSSR count). The average molecular weight is 353 g/mol. The molecule has 0 atom stereocenters. The van der Waals surface area contributed by atoms with E-state index in [9.17, 15) is 14.4 Å². The first-order valence-electron chi connectivity index (χ1n) is 7.70. The second kappa shape index (κ2) is 7.81. The first-order chi connectivity index (χ1) is 12.1. The van der Waals surface area contributed by atoms with Crippen molar-refractivity contribution in [3.63, 3.8) is 0 Å². The summed E-state index contributed by atoms with van der Waals surface area (Å²) in [4.78, 5) is 34.9. The fourth-order valence-electron chi connectivity index (χ4n) is 2.28. The largest absolute Gasteiger partial charge is 0.427 e. The topological polar surface area (TPSA) is 72.5 Å². The van der Waals surface area contributed by atoms with Crippen molar-refractivity contribution in [2.45, 2.75) is 12.8 Å². The number of aryl methyl sites for hydroxylation is 1. The van der Waals surface area contributed by atoms with Crippen molar-refractivity contribution in [3.8, 4) is 5.75 Å². The Morgan fingerprint density at radius 3 is 2.40 bits per heavy atom. The molecule has 5 nitrogen and oxygen atoms in total. The number of benzene rings is 2. The first kappa shape index (κ1) is 17.0. The van der Waals surface area contributed by atoms with Crippen molar-refractivity contribution in [2.75, 3.05) is 0 Å². The number of hydrogen-bond donors (Lipinski definition) is 1. The molecule has 0 saturated carbocycles. The highest BCUT2D eigenvalue weighted by Crippen LogP contribution is 2.26. The van der Waals surface area contributed by atoms with Crippen LogP contribution in [0.4, 0.5) is 4.79 Å². The van der Waals surface area contributed by atoms with E-state index >= 15 is 0 Å². The fraction of sp³-hybridized carbons (Fsp3) is 0.105. The number of esters is 1. The van der Waals surface area contributed by atoms with Gasteiger partial charge in [0.15, 0.2) is 0 Å². The van der Waals surface area contributed by atoms with E-state index in [-0.39, 0.29) is 11.2 Å². The number of nitrogens with one attached hydrogen (secondary N) is 1. The summed E-state index contributed by atoms with van der Waals surface area (Å²) in [6, 6.07) is 16.5. The number of thioether (sulfide) groups is 1. The van der Waals surface area contributed by atoms with Crippen molar-refractivity contribution >= 4 is 35.0 Å². The highest BCUT2D eigenvalue weighted by molar-refractivity contribution is 8.18. The average Bonchev–Trinajstić information content (AvgIpc) is 2.93. The fourth-order valence-corrected chi connectivity index (χ4v) is 2.96. The van der Waals surface area contributed by atoms with E-state index in [1.807, 2.05) is 30.3 Å². The van der Waals surface area contributed by atoms with Gasteiger partial charge in [-0.3, -0.25) is 19.7 Å². The molecule has 25 heavy (non-hydrogen) atoms. The summed E-state index contributed by atoms with van der Waals surface area (Å²) >= 11 is 0.864. The standard InChI is InChI=1S/C19H15NO4S/c21-17(11-8-13-4-2-1-3-5-13)24-15-9-6-14(7-10-15)12-16-18(22)20-19(23)25-16/h1-7,9-10,12H,8,11H2,(H,20,22,23). The SMILES string of the molecule is O=C(CCc1ccccc1)Oc1ccc(C=C2SC(=O)NC2=O)cc1. The molecule has 2 amide bonds. The lowest BCUT2D eigenvalue weighted by Crippen LogP contribution is -2.17. The summed E-state index contributed by atoms with van der Waals surface area (Å²) in [5.74, 6) is -0.252. The molecule has 1 aliphatic heterocycles. The van der Waals surface area contributed by atoms with Crippen LogP contribution >= 0.6 is 11.8 Å². The van der Waals surface area contributed by atoms with Crippen molar-refractivity contribution in [1.29, 1.82) is 0 Å². The molecule has 1 fully saturated rings. The summed E-state index contributed by atoms with van der Waals surface area (Å²) in [5, 5.41) is 1.82. The van der Waals surface area contributed by atoms with Crippen molar-refractivity contribution in [3.05, 3.63) is 70.6 Å². The Hall–Kier alpha value is -2.86. The van der Waals surface area contributed by atoms with Crippen LogP contribution in [0.2, 0.25) is 0 Å². The summed E-state index contributed by atoms with van der Waals surface area (Å²) in [5.41, 5.74) is 1.83. The van der Waals surface area contributed by atoms with Gasteiger partial charge in [-0.1, -0.05) is 42.5 Å². The molecule has 1 saturated heterocycles. The number of carbonyl (C=O) groups is 3. The van der Waals surface area contributed by atoms with Crippen molar-refractivity contribution in [1.82, 2.24) is 5.32 Å². The zero-order valence-electron chi connectivity index (χ0n) is 13.2. The van der Waals surface area contributed by atoms with Crippen LogP contribution in [0.25, 0.3) is 6.08 Å². The van der Waals surface area contributed by atoms with Gasteiger partial charge in [0, 0.05) is 6.42 Å². The maximum atomic E-state index is 11.9. The lowest BCUT2D eigenvalue weighted by molar-refractivity contribution is -0.134. The molecule has 1 heterocycles. The number of amides is 2. The van der Waals surface area contributed by atoms with Crippen molar-refractivity contribution in [2.24, 2.45) is 0 Å². The lowest BCUT2D eigenvalue weighted by Gasteiger charge is -2.05. The molecule has 0 aromatic heterocycles. The molecule has 6 heteroatoms. The van der Waals surface area contributed by atoms with Crippen LogP contribution in [0.1, 0.15) is 17.5 Å². The molecule has 1 aliphatic rings. The number of hydrogen-bond acceptors (Lipinski definition) is 5. The smallest absolute Gasteiger partial charge is 0.311 e. The zero-order chi connectivity index (χ0) is 17.6. The molecule has 2 aromatic carbocycles. The number of imide groups is 1. The van der Waals surface area contributed by atoms with Crippen LogP contribution in [0.5, 0.6) is 5.75 Å². The summed E-state index contributed by atoms with van der Waals surface area (Å²) in [6.45, 7) is 0. The second-order valence-corrected chi connectivity index (χ2v) is 6.40. The highest BCUT2D eigenvalue weighted by Gasteiger charge is 2.24. The predicted octanol–water partition coefficient (Wildman–Crippen LogP) is 3.55. The number of carbonyl (C=O) groups excluding carboxylic acids is 3. The minimum Gasteiger partial charge on any atom is -0.427 e. The molecule has 1 N–H and O–H groups in total. The van der Waals surface area contributed by atoms with E-state index in [1.165, 1.54) is 0 Å². The molecule has 0 aliphatic carbocycles. The second-order valence-electron chi connectivity index (χ2n) is 5.38. The van der Waals surface area contributed by atoms with Gasteiger partial charge in [0.2, 0.25) is 0 Å². The van der Waals surface area contributed by atoms with Gasteiger partial charge in [-0.05, 0) is 47.5 Å². The van der Waals surface area contributed by atoms with E-state index in [4.69, 9.17) is 4.74 Å². The summed E-state index contributed by atoms with van der Waals surface area (Å²) < 4.78 is 5.30. The lowest BCUT2D eigenvalue weighted by atomic mass is 10.1. The van der Waals surface area contributed by atoms with Gasteiger partial charge in [0.05, 0.1) is 4.91 Å². The van der Waals surface area contributed by atoms with E-state index < -0.39 is 5.91 Å². The molecule has 0 bridgehead atoms. The number of ether oxygens (including phenoxy) is 1. The van der Waals surface area contributed by atoms with E-state index in [0.29, 0.717) is 23.5 Å². The zero-order valence-corrected chi connectivity index (χ0v) is 14.0. The molecular weight excluding hydrogens is 338 g/mol. The van der Waals surface area contributed by atoms with Crippen LogP contribution in [0.3, 0.4) is 0 Å². The van der Waals surface area contributed by atoms with Crippen LogP contribution < -0.4 is 10.1 Å². The Kier molecular flexibility index (Phi) is 5.30. The molecule has 2 aromatic rings. The minimum atomic E-state index is -0.397. The summed E-state index contributed by atoms with van der Waals surface area (Å²) in [7, 11) is 0. The van der Waals surface area contributed by atoms with Gasteiger partial charge in [-0.15, -0.1) is 0 Å². The van der Waals surface area contributed by atoms with Gasteiger partial charge >= 0.3 is 5.97 Å². The van der Waals surface area contributed by atoms with Crippen LogP contribution in [0.15, 0.2) is 59.5 Å². The predicted molar refractivity (Wildman–Crippen MR) is 95.9 cm³/mol. The van der Waals surface area contributed by atoms with Crippen molar-refractivity contribution < 1.29 is 19.1 Å². The summed E-state index contributed by atoms with van der Waals surface area (Å²) in [6.07, 6.45) is 2.55. The van der Waals surface area contributed by atoms with Gasteiger partial charge in [0.1, 0.15) is 5.75 Å². The van der Waals surface area contributed by atoms with Crippen LogP contribution in [-0.2, 0) is 16.0 Å². The molecule has 0 radical (unpaired) electrons. The van der Waals surface area contributed by atoms with Crippen LogP contribution in [-0.4, -0.2) is 17.1 Å². The third kappa shape index (κ3) is 4.81. The van der Waals surface area contributed by atoms with Crippen LogP contribution in [0, 0.1) is 0 Å². The van der Waals surface area contributed by atoms with E-state index in [0.717, 1.165) is 22.9 Å². The highest BCUT2D eigenvalue weighted by atomic mass is 32.2. The van der Waals surface area contributed by atoms with Gasteiger partial charge < -0.3 is 4.74 Å². The third-order valence-corrected chi connectivity index (χ3v) is 4.32. The Labute approximate surface area is 149 Å². The molecule has 0 unspecified atom stereocenters. The minimum absolute atomic E-state index is 0.300. The Bertz CT molecular complexity index is 828. The molecule has 0 spiro atoms. The Balaban J connectivity index is 1.55. The van der Waals surface area contributed by atoms with E-state index in [1.54, 1.807) is 30.3 Å². The normalized spacial score (nSPS) is 15.3. The maximum absolute atomic E-state index is 11.9. The van der Waals surface area contributed by atoms with Gasteiger partial charge in [-0.25, -0.2) is 0 Å². The molecular formula is C19H15NO4S. The maximum Gasteiger partial charge on any atom is 0.311 e. The quantitative estimate of drug-likeness (QED) is 0.506. The van der Waals surface area contributed by atoms with Gasteiger partial charge in [0.25, 0.3) is 11.1 Å². The van der Waals surface area contributed by atoms with E-state index in [2.05, 4.69) is 5.32 Å². The first-order valence-corrected chi connectivity index (χ1v) is 8.51. The van der Waals surface area contributed by atoms with Gasteiger partial charge in [-0.2, -0.15) is 0 Å². The Morgan fingerprint density at radius 1 is 1.04 bits per heavy atom.